The van der Waals surface area contributed by atoms with E-state index in [-0.39, 0.29) is 18.6 Å². The molecule has 1 aliphatic rings. The molecular weight excluding hydrogens is 424 g/mol. The van der Waals surface area contributed by atoms with Crippen LogP contribution in [0.3, 0.4) is 0 Å². The highest BCUT2D eigenvalue weighted by Gasteiger charge is 2.18. The number of carbonyl (C=O) groups is 1. The van der Waals surface area contributed by atoms with E-state index < -0.39 is 0 Å². The summed E-state index contributed by atoms with van der Waals surface area (Å²) in [5.74, 6) is 0.407. The van der Waals surface area contributed by atoms with Crippen LogP contribution in [0.4, 0.5) is 0 Å². The minimum absolute atomic E-state index is 0.0626. The van der Waals surface area contributed by atoms with Crippen LogP contribution in [0.25, 0.3) is 10.6 Å². The van der Waals surface area contributed by atoms with Crippen molar-refractivity contribution in [2.45, 2.75) is 32.4 Å². The molecule has 0 bridgehead atoms. The molecule has 30 heavy (non-hydrogen) atoms. The predicted octanol–water partition coefficient (Wildman–Crippen LogP) is 4.05. The van der Waals surface area contributed by atoms with Crippen LogP contribution in [0.15, 0.2) is 36.8 Å². The largest absolute Gasteiger partial charge is 0.490 e. The Bertz CT molecular complexity index is 1020. The smallest absolute Gasteiger partial charge is 0.251 e. The number of nitrogens with zero attached hydrogens (tertiary/aromatic N) is 3. The lowest BCUT2D eigenvalue weighted by Gasteiger charge is -2.23. The van der Waals surface area contributed by atoms with Crippen LogP contribution in [-0.4, -0.2) is 40.2 Å². The number of carbonyl (C=O) groups excluding carboxylic acids is 1. The average Bonchev–Trinajstić information content (AvgIpc) is 3.20. The Morgan fingerprint density at radius 3 is 2.73 bits per heavy atom. The summed E-state index contributed by atoms with van der Waals surface area (Å²) in [6.45, 7) is 3.51. The Balaban J connectivity index is 1.55. The van der Waals surface area contributed by atoms with Crippen molar-refractivity contribution < 1.29 is 14.3 Å². The fourth-order valence-corrected chi connectivity index (χ4v) is 3.98. The third-order valence-corrected chi connectivity index (χ3v) is 5.79. The van der Waals surface area contributed by atoms with Crippen molar-refractivity contribution in [3.05, 3.63) is 58.1 Å². The van der Waals surface area contributed by atoms with Crippen molar-refractivity contribution >= 4 is 28.8 Å². The molecule has 3 heterocycles. The maximum absolute atomic E-state index is 12.8. The molecule has 1 aliphatic heterocycles. The molecule has 1 saturated heterocycles. The molecule has 1 aromatic carbocycles. The standard InChI is InChI=1S/C21H21ClN4O3S/c1-13-9-24-16(10-23-13)11-25-20(27)14-6-15(21-26-12-19(22)30-21)8-18(7-14)29-17-2-4-28-5-3-17/h6-10,12,17H,2-5,11H2,1H3,(H,25,27). The zero-order chi connectivity index (χ0) is 20.9. The van der Waals surface area contributed by atoms with E-state index in [4.69, 9.17) is 21.1 Å². The molecule has 7 nitrogen and oxygen atoms in total. The number of nitrogens with one attached hydrogen (secondary N) is 1. The normalized spacial score (nSPS) is 14.5. The highest BCUT2D eigenvalue weighted by Crippen LogP contribution is 2.32. The Hall–Kier alpha value is -2.55. The second-order valence-electron chi connectivity index (χ2n) is 6.98. The van der Waals surface area contributed by atoms with E-state index in [9.17, 15) is 4.79 Å². The number of benzene rings is 1. The number of thiazole rings is 1. The quantitative estimate of drug-likeness (QED) is 0.617. The molecule has 0 saturated carbocycles. The summed E-state index contributed by atoms with van der Waals surface area (Å²) in [4.78, 5) is 25.6. The molecule has 1 N–H and O–H groups in total. The van der Waals surface area contributed by atoms with Gasteiger partial charge in [-0.2, -0.15) is 0 Å². The van der Waals surface area contributed by atoms with Gasteiger partial charge in [0.1, 0.15) is 21.2 Å². The van der Waals surface area contributed by atoms with Gasteiger partial charge in [-0.1, -0.05) is 11.6 Å². The molecule has 1 fully saturated rings. The van der Waals surface area contributed by atoms with Crippen molar-refractivity contribution in [1.82, 2.24) is 20.3 Å². The van der Waals surface area contributed by atoms with Gasteiger partial charge in [-0.05, 0) is 25.1 Å². The number of rotatable bonds is 6. The van der Waals surface area contributed by atoms with Crippen LogP contribution < -0.4 is 10.1 Å². The van der Waals surface area contributed by atoms with Crippen molar-refractivity contribution in [1.29, 1.82) is 0 Å². The first-order valence-corrected chi connectivity index (χ1v) is 10.8. The Morgan fingerprint density at radius 2 is 2.03 bits per heavy atom. The lowest BCUT2D eigenvalue weighted by molar-refractivity contribution is 0.0255. The van der Waals surface area contributed by atoms with Crippen molar-refractivity contribution in [2.24, 2.45) is 0 Å². The zero-order valence-electron chi connectivity index (χ0n) is 16.4. The van der Waals surface area contributed by atoms with Crippen LogP contribution in [-0.2, 0) is 11.3 Å². The first-order valence-electron chi connectivity index (χ1n) is 9.64. The third-order valence-electron chi connectivity index (χ3n) is 4.63. The lowest BCUT2D eigenvalue weighted by atomic mass is 10.1. The third kappa shape index (κ3) is 5.33. The number of halogens is 1. The second kappa shape index (κ2) is 9.51. The molecule has 4 rings (SSSR count). The number of ether oxygens (including phenoxy) is 2. The zero-order valence-corrected chi connectivity index (χ0v) is 18.0. The van der Waals surface area contributed by atoms with Crippen molar-refractivity contribution in [2.75, 3.05) is 13.2 Å². The highest BCUT2D eigenvalue weighted by molar-refractivity contribution is 7.18. The van der Waals surface area contributed by atoms with Gasteiger partial charge in [0, 0.05) is 30.2 Å². The first kappa shape index (κ1) is 20.7. The van der Waals surface area contributed by atoms with E-state index in [0.717, 1.165) is 29.1 Å². The maximum Gasteiger partial charge on any atom is 0.251 e. The average molecular weight is 445 g/mol. The fraction of sp³-hybridized carbons (Fsp3) is 0.333. The van der Waals surface area contributed by atoms with Crippen LogP contribution in [0, 0.1) is 6.92 Å². The highest BCUT2D eigenvalue weighted by atomic mass is 35.5. The van der Waals surface area contributed by atoms with Crippen LogP contribution in [0.2, 0.25) is 4.34 Å². The minimum atomic E-state index is -0.223. The summed E-state index contributed by atoms with van der Waals surface area (Å²) in [7, 11) is 0. The van der Waals surface area contributed by atoms with Gasteiger partial charge in [-0.15, -0.1) is 11.3 Å². The molecule has 0 spiro atoms. The Morgan fingerprint density at radius 1 is 1.20 bits per heavy atom. The van der Waals surface area contributed by atoms with Gasteiger partial charge >= 0.3 is 0 Å². The van der Waals surface area contributed by atoms with Gasteiger partial charge in [0.25, 0.3) is 5.91 Å². The molecule has 0 atom stereocenters. The molecular formula is C21H21ClN4O3S. The number of aryl methyl sites for hydroxylation is 1. The molecule has 0 unspecified atom stereocenters. The topological polar surface area (TPSA) is 86.2 Å². The van der Waals surface area contributed by atoms with E-state index >= 15 is 0 Å². The lowest BCUT2D eigenvalue weighted by Crippen LogP contribution is -2.26. The number of hydrogen-bond donors (Lipinski definition) is 1. The van der Waals surface area contributed by atoms with Gasteiger partial charge in [-0.25, -0.2) is 4.98 Å². The summed E-state index contributed by atoms with van der Waals surface area (Å²) in [6.07, 6.45) is 6.63. The van der Waals surface area contributed by atoms with Crippen LogP contribution in [0.1, 0.15) is 34.6 Å². The summed E-state index contributed by atoms with van der Waals surface area (Å²) in [6, 6.07) is 5.44. The second-order valence-corrected chi connectivity index (χ2v) is 8.64. The summed E-state index contributed by atoms with van der Waals surface area (Å²) < 4.78 is 12.1. The van der Waals surface area contributed by atoms with E-state index in [1.807, 2.05) is 13.0 Å². The summed E-state index contributed by atoms with van der Waals surface area (Å²) in [5.41, 5.74) is 2.79. The summed E-state index contributed by atoms with van der Waals surface area (Å²) >= 11 is 7.41. The minimum Gasteiger partial charge on any atom is -0.490 e. The van der Waals surface area contributed by atoms with E-state index in [2.05, 4.69) is 20.3 Å². The SMILES string of the molecule is Cc1cnc(CNC(=O)c2cc(OC3CCOCC3)cc(-c3ncc(Cl)s3)c2)cn1. The molecule has 2 aromatic heterocycles. The monoisotopic (exact) mass is 444 g/mol. The van der Waals surface area contributed by atoms with Crippen LogP contribution in [0.5, 0.6) is 5.75 Å². The van der Waals surface area contributed by atoms with Gasteiger partial charge < -0.3 is 14.8 Å². The fourth-order valence-electron chi connectivity index (χ4n) is 3.08. The number of aromatic nitrogens is 3. The van der Waals surface area contributed by atoms with Crippen LogP contribution >= 0.6 is 22.9 Å². The van der Waals surface area contributed by atoms with Gasteiger partial charge in [0.05, 0.1) is 43.5 Å². The van der Waals surface area contributed by atoms with Crippen molar-refractivity contribution in [3.63, 3.8) is 0 Å². The van der Waals surface area contributed by atoms with Gasteiger partial charge in [-0.3, -0.25) is 14.8 Å². The molecule has 3 aromatic rings. The van der Waals surface area contributed by atoms with Gasteiger partial charge in [0.2, 0.25) is 0 Å². The summed E-state index contributed by atoms with van der Waals surface area (Å²) in [5, 5.41) is 3.62. The van der Waals surface area contributed by atoms with E-state index in [1.165, 1.54) is 11.3 Å². The Labute approximate surface area is 183 Å². The van der Waals surface area contributed by atoms with Crippen molar-refractivity contribution in [3.8, 4) is 16.3 Å². The van der Waals surface area contributed by atoms with Gasteiger partial charge in [0.15, 0.2) is 0 Å². The maximum atomic E-state index is 12.8. The molecule has 0 aliphatic carbocycles. The Kier molecular flexibility index (Phi) is 6.56. The first-order chi connectivity index (χ1) is 14.6. The number of hydrogen-bond acceptors (Lipinski definition) is 7. The molecule has 156 valence electrons. The molecule has 1 amide bonds. The van der Waals surface area contributed by atoms with E-state index in [0.29, 0.717) is 34.6 Å². The molecule has 0 radical (unpaired) electrons. The number of amides is 1. The predicted molar refractivity (Wildman–Crippen MR) is 115 cm³/mol. The molecule has 9 heteroatoms. The van der Waals surface area contributed by atoms with E-state index in [1.54, 1.807) is 30.7 Å².